The molecule has 2 aromatic rings. The summed E-state index contributed by atoms with van der Waals surface area (Å²) < 4.78 is 2.87. The summed E-state index contributed by atoms with van der Waals surface area (Å²) in [5, 5.41) is 14.0. The Hall–Kier alpha value is -2.35. The van der Waals surface area contributed by atoms with Crippen LogP contribution in [0.5, 0.6) is 0 Å². The van der Waals surface area contributed by atoms with Gasteiger partial charge in [-0.2, -0.15) is 5.10 Å². The van der Waals surface area contributed by atoms with Crippen LogP contribution >= 0.6 is 15.9 Å². The summed E-state index contributed by atoms with van der Waals surface area (Å²) in [6.45, 7) is 7.33. The largest absolute Gasteiger partial charge is 0.355 e. The third-order valence-corrected chi connectivity index (χ3v) is 5.11. The second kappa shape index (κ2) is 10.3. The Morgan fingerprint density at radius 3 is 2.43 bits per heavy atom. The van der Waals surface area contributed by atoms with Crippen molar-refractivity contribution in [2.45, 2.75) is 33.2 Å². The molecule has 0 spiro atoms. The number of carbonyl (C=O) groups is 1. The van der Waals surface area contributed by atoms with Gasteiger partial charge in [0, 0.05) is 49.0 Å². The number of benzene rings is 1. The van der Waals surface area contributed by atoms with Crippen LogP contribution in [0, 0.1) is 13.8 Å². The number of hydrogen-bond acceptors (Lipinski definition) is 3. The molecule has 0 radical (unpaired) electrons. The lowest BCUT2D eigenvalue weighted by molar-refractivity contribution is 0.0954. The van der Waals surface area contributed by atoms with Gasteiger partial charge in [0.25, 0.3) is 5.91 Å². The van der Waals surface area contributed by atoms with E-state index in [1.54, 1.807) is 19.2 Å². The molecule has 1 atom stereocenters. The maximum atomic E-state index is 12.1. The number of hydrogen-bond donors (Lipinski definition) is 3. The fourth-order valence-corrected chi connectivity index (χ4v) is 3.22. The monoisotopic (exact) mass is 448 g/mol. The number of aryl methyl sites for hydroxylation is 2. The maximum absolute atomic E-state index is 12.1. The molecule has 1 unspecified atom stereocenters. The molecule has 1 aromatic carbocycles. The highest BCUT2D eigenvalue weighted by atomic mass is 79.9. The molecular formula is C20H29BrN6O. The smallest absolute Gasteiger partial charge is 0.251 e. The molecule has 1 amide bonds. The van der Waals surface area contributed by atoms with E-state index in [1.165, 1.54) is 11.3 Å². The number of nitrogens with one attached hydrogen (secondary N) is 3. The van der Waals surface area contributed by atoms with Crippen LogP contribution in [0.4, 0.5) is 0 Å². The molecule has 28 heavy (non-hydrogen) atoms. The van der Waals surface area contributed by atoms with E-state index in [2.05, 4.69) is 55.8 Å². The van der Waals surface area contributed by atoms with Crippen molar-refractivity contribution in [1.82, 2.24) is 25.7 Å². The zero-order valence-electron chi connectivity index (χ0n) is 17.1. The van der Waals surface area contributed by atoms with Gasteiger partial charge in [-0.25, -0.2) is 0 Å². The molecule has 7 nitrogen and oxygen atoms in total. The lowest BCUT2D eigenvalue weighted by Crippen LogP contribution is -2.45. The molecule has 0 bridgehead atoms. The Kier molecular flexibility index (Phi) is 8.04. The molecule has 0 aliphatic rings. The molecule has 0 fully saturated rings. The average molecular weight is 449 g/mol. The highest BCUT2D eigenvalue weighted by Gasteiger charge is 2.14. The summed E-state index contributed by atoms with van der Waals surface area (Å²) in [6, 6.07) is 7.48. The van der Waals surface area contributed by atoms with Crippen LogP contribution in [0.2, 0.25) is 0 Å². The molecule has 152 valence electrons. The van der Waals surface area contributed by atoms with Gasteiger partial charge in [-0.15, -0.1) is 0 Å². The number of aromatic nitrogens is 2. The van der Waals surface area contributed by atoms with Gasteiger partial charge in [-0.1, -0.05) is 15.9 Å². The summed E-state index contributed by atoms with van der Waals surface area (Å²) in [6.07, 6.45) is 0.868. The molecule has 0 aliphatic heterocycles. The van der Waals surface area contributed by atoms with Gasteiger partial charge >= 0.3 is 0 Å². The zero-order valence-corrected chi connectivity index (χ0v) is 18.7. The zero-order chi connectivity index (χ0) is 20.7. The van der Waals surface area contributed by atoms with Crippen molar-refractivity contribution in [3.8, 4) is 0 Å². The highest BCUT2D eigenvalue weighted by molar-refractivity contribution is 9.10. The molecule has 0 aliphatic carbocycles. The lowest BCUT2D eigenvalue weighted by atomic mass is 10.1. The van der Waals surface area contributed by atoms with E-state index in [1.807, 2.05) is 30.8 Å². The van der Waals surface area contributed by atoms with Gasteiger partial charge < -0.3 is 16.0 Å². The van der Waals surface area contributed by atoms with Gasteiger partial charge in [-0.3, -0.25) is 14.5 Å². The van der Waals surface area contributed by atoms with Crippen molar-refractivity contribution in [2.75, 3.05) is 20.1 Å². The summed E-state index contributed by atoms with van der Waals surface area (Å²) in [5.74, 6) is 0.623. The number of halogens is 1. The Bertz CT molecular complexity index is 828. The molecule has 0 saturated heterocycles. The van der Waals surface area contributed by atoms with Crippen molar-refractivity contribution in [3.05, 3.63) is 51.3 Å². The number of nitrogens with zero attached hydrogens (tertiary/aromatic N) is 3. The third kappa shape index (κ3) is 6.09. The van der Waals surface area contributed by atoms with Crippen LogP contribution in [0.3, 0.4) is 0 Å². The molecule has 1 aromatic heterocycles. The van der Waals surface area contributed by atoms with Crippen LogP contribution in [-0.4, -0.2) is 47.8 Å². The second-order valence-corrected chi connectivity index (χ2v) is 7.70. The van der Waals surface area contributed by atoms with Crippen molar-refractivity contribution in [3.63, 3.8) is 0 Å². The van der Waals surface area contributed by atoms with E-state index in [-0.39, 0.29) is 11.9 Å². The van der Waals surface area contributed by atoms with Gasteiger partial charge in [-0.05, 0) is 57.0 Å². The maximum Gasteiger partial charge on any atom is 0.251 e. The van der Waals surface area contributed by atoms with Crippen LogP contribution in [0.25, 0.3) is 0 Å². The first-order valence-electron chi connectivity index (χ1n) is 9.31. The fraction of sp³-hybridized carbons (Fsp3) is 0.450. The first-order valence-corrected chi connectivity index (χ1v) is 10.1. The summed E-state index contributed by atoms with van der Waals surface area (Å²) in [4.78, 5) is 16.4. The Morgan fingerprint density at radius 2 is 1.86 bits per heavy atom. The van der Waals surface area contributed by atoms with Crippen molar-refractivity contribution >= 4 is 27.8 Å². The molecular weight excluding hydrogens is 420 g/mol. The molecule has 2 rings (SSSR count). The minimum absolute atomic E-state index is 0.0897. The quantitative estimate of drug-likeness (QED) is 0.344. The summed E-state index contributed by atoms with van der Waals surface area (Å²) in [7, 11) is 3.70. The van der Waals surface area contributed by atoms with Crippen LogP contribution in [0.15, 0.2) is 33.7 Å². The normalized spacial score (nSPS) is 12.6. The van der Waals surface area contributed by atoms with E-state index in [4.69, 9.17) is 0 Å². The highest BCUT2D eigenvalue weighted by Crippen LogP contribution is 2.14. The number of aliphatic imine (C=N–C) groups is 1. The summed E-state index contributed by atoms with van der Waals surface area (Å²) in [5.41, 5.74) is 4.15. The predicted molar refractivity (Wildman–Crippen MR) is 117 cm³/mol. The first-order chi connectivity index (χ1) is 13.3. The standard InChI is InChI=1S/C20H29BrN6O/c1-13(12-18-14(2)26-27(5)15(18)3)25-20(22-4)24-11-10-23-19(28)16-6-8-17(21)9-7-16/h6-9,13H,10-12H2,1-5H3,(H,23,28)(H2,22,24,25). The van der Waals surface area contributed by atoms with Crippen LogP contribution in [-0.2, 0) is 13.5 Å². The number of rotatable bonds is 7. The summed E-state index contributed by atoms with van der Waals surface area (Å²) >= 11 is 3.36. The number of guanidine groups is 1. The Morgan fingerprint density at radius 1 is 1.21 bits per heavy atom. The number of amides is 1. The van der Waals surface area contributed by atoms with Gasteiger partial charge in [0.05, 0.1) is 5.69 Å². The van der Waals surface area contributed by atoms with Crippen molar-refractivity contribution in [2.24, 2.45) is 12.0 Å². The minimum atomic E-state index is -0.0897. The van der Waals surface area contributed by atoms with Gasteiger partial charge in [0.2, 0.25) is 0 Å². The van der Waals surface area contributed by atoms with Crippen LogP contribution < -0.4 is 16.0 Å². The number of carbonyl (C=O) groups excluding carboxylic acids is 1. The lowest BCUT2D eigenvalue weighted by Gasteiger charge is -2.18. The molecule has 3 N–H and O–H groups in total. The minimum Gasteiger partial charge on any atom is -0.355 e. The van der Waals surface area contributed by atoms with E-state index < -0.39 is 0 Å². The average Bonchev–Trinajstić information content (AvgIpc) is 2.90. The predicted octanol–water partition coefficient (Wildman–Crippen LogP) is 2.33. The third-order valence-electron chi connectivity index (χ3n) is 4.59. The molecule has 1 heterocycles. The van der Waals surface area contributed by atoms with Gasteiger partial charge in [0.1, 0.15) is 0 Å². The van der Waals surface area contributed by atoms with E-state index in [0.717, 1.165) is 16.6 Å². The first kappa shape index (κ1) is 21.9. The SMILES string of the molecule is CN=C(NCCNC(=O)c1ccc(Br)cc1)NC(C)Cc1c(C)nn(C)c1C. The molecule has 8 heteroatoms. The Balaban J connectivity index is 1.76. The van der Waals surface area contributed by atoms with E-state index >= 15 is 0 Å². The fourth-order valence-electron chi connectivity index (χ4n) is 2.96. The Labute approximate surface area is 175 Å². The topological polar surface area (TPSA) is 83.3 Å². The second-order valence-electron chi connectivity index (χ2n) is 6.78. The van der Waals surface area contributed by atoms with E-state index in [0.29, 0.717) is 24.6 Å². The van der Waals surface area contributed by atoms with Crippen molar-refractivity contribution < 1.29 is 4.79 Å². The van der Waals surface area contributed by atoms with Gasteiger partial charge in [0.15, 0.2) is 5.96 Å². The molecule has 0 saturated carbocycles. The van der Waals surface area contributed by atoms with Crippen LogP contribution in [0.1, 0.15) is 34.2 Å². The van der Waals surface area contributed by atoms with Crippen molar-refractivity contribution in [1.29, 1.82) is 0 Å². The van der Waals surface area contributed by atoms with E-state index in [9.17, 15) is 4.79 Å².